The van der Waals surface area contributed by atoms with E-state index in [0.29, 0.717) is 13.0 Å². The number of likely N-dealkylation sites (tertiary alicyclic amines) is 1. The molecule has 1 fully saturated rings. The van der Waals surface area contributed by atoms with E-state index in [2.05, 4.69) is 0 Å². The molecular weight excluding hydrogens is 212 g/mol. The number of carboxylic acids is 1. The molecule has 6 heteroatoms. The van der Waals surface area contributed by atoms with E-state index < -0.39 is 18.1 Å². The molecule has 1 amide bonds. The third-order valence-electron chi connectivity index (χ3n) is 2.73. The molecule has 0 aromatic rings. The van der Waals surface area contributed by atoms with Gasteiger partial charge in [0.1, 0.15) is 12.1 Å². The van der Waals surface area contributed by atoms with Crippen LogP contribution in [0.5, 0.6) is 0 Å². The largest absolute Gasteiger partial charge is 0.480 e. The van der Waals surface area contributed by atoms with Gasteiger partial charge in [-0.3, -0.25) is 4.79 Å². The third kappa shape index (κ3) is 2.93. The van der Waals surface area contributed by atoms with Gasteiger partial charge < -0.3 is 20.5 Å². The van der Waals surface area contributed by atoms with Gasteiger partial charge in [0.05, 0.1) is 6.61 Å². The van der Waals surface area contributed by atoms with E-state index in [-0.39, 0.29) is 12.5 Å². The molecule has 1 aliphatic heterocycles. The van der Waals surface area contributed by atoms with E-state index in [0.717, 1.165) is 12.8 Å². The standard InChI is InChI=1S/C10H18N2O4/c1-16-6-7(11)9(13)12-5-3-2-4-8(12)10(14)15/h7-8H,2-6,11H2,1H3,(H,14,15)/t7?,8-/m0/s1. The normalized spacial score (nSPS) is 22.9. The van der Waals surface area contributed by atoms with Crippen molar-refractivity contribution in [1.82, 2.24) is 4.90 Å². The highest BCUT2D eigenvalue weighted by atomic mass is 16.5. The quantitative estimate of drug-likeness (QED) is 0.674. The summed E-state index contributed by atoms with van der Waals surface area (Å²) in [4.78, 5) is 24.2. The zero-order valence-electron chi connectivity index (χ0n) is 9.39. The first-order valence-corrected chi connectivity index (χ1v) is 5.35. The number of nitrogens with zero attached hydrogens (tertiary/aromatic N) is 1. The van der Waals surface area contributed by atoms with Gasteiger partial charge in [0, 0.05) is 13.7 Å². The average molecular weight is 230 g/mol. The van der Waals surface area contributed by atoms with Gasteiger partial charge in [0.25, 0.3) is 0 Å². The molecular formula is C10H18N2O4. The number of rotatable bonds is 4. The Hall–Kier alpha value is -1.14. The summed E-state index contributed by atoms with van der Waals surface area (Å²) in [6.07, 6.45) is 2.16. The molecule has 16 heavy (non-hydrogen) atoms. The molecule has 0 bridgehead atoms. The number of carboxylic acid groups (broad SMARTS) is 1. The minimum atomic E-state index is -0.960. The van der Waals surface area contributed by atoms with Gasteiger partial charge in [-0.05, 0) is 19.3 Å². The summed E-state index contributed by atoms with van der Waals surface area (Å²) in [6, 6.07) is -1.51. The SMILES string of the molecule is COCC(N)C(=O)N1CCCC[C@H]1C(=O)O. The number of ether oxygens (including phenoxy) is 1. The Morgan fingerprint density at radius 1 is 1.56 bits per heavy atom. The molecule has 1 unspecified atom stereocenters. The first kappa shape index (κ1) is 12.9. The molecule has 0 spiro atoms. The van der Waals surface area contributed by atoms with Crippen LogP contribution in [0.1, 0.15) is 19.3 Å². The van der Waals surface area contributed by atoms with Crippen LogP contribution in [-0.4, -0.2) is 54.2 Å². The van der Waals surface area contributed by atoms with Crippen molar-refractivity contribution < 1.29 is 19.4 Å². The lowest BCUT2D eigenvalue weighted by Gasteiger charge is -2.34. The van der Waals surface area contributed by atoms with Crippen molar-refractivity contribution in [2.24, 2.45) is 5.73 Å². The summed E-state index contributed by atoms with van der Waals surface area (Å²) in [5, 5.41) is 9.00. The molecule has 3 N–H and O–H groups in total. The van der Waals surface area contributed by atoms with E-state index in [1.54, 1.807) is 0 Å². The molecule has 1 aliphatic rings. The zero-order valence-corrected chi connectivity index (χ0v) is 9.39. The Balaban J connectivity index is 2.67. The second-order valence-corrected chi connectivity index (χ2v) is 3.94. The minimum Gasteiger partial charge on any atom is -0.480 e. The number of nitrogens with two attached hydrogens (primary N) is 1. The van der Waals surface area contributed by atoms with Crippen LogP contribution in [0.3, 0.4) is 0 Å². The lowest BCUT2D eigenvalue weighted by atomic mass is 10.0. The molecule has 0 saturated carbocycles. The van der Waals surface area contributed by atoms with Crippen molar-refractivity contribution in [2.45, 2.75) is 31.3 Å². The van der Waals surface area contributed by atoms with E-state index in [9.17, 15) is 9.59 Å². The van der Waals surface area contributed by atoms with E-state index in [1.807, 2.05) is 0 Å². The predicted molar refractivity (Wildman–Crippen MR) is 56.8 cm³/mol. The highest BCUT2D eigenvalue weighted by molar-refractivity contribution is 5.87. The number of piperidine rings is 1. The van der Waals surface area contributed by atoms with E-state index >= 15 is 0 Å². The van der Waals surface area contributed by atoms with E-state index in [1.165, 1.54) is 12.0 Å². The van der Waals surface area contributed by atoms with Crippen molar-refractivity contribution in [3.8, 4) is 0 Å². The van der Waals surface area contributed by atoms with Gasteiger partial charge in [0.15, 0.2) is 0 Å². The van der Waals surface area contributed by atoms with Gasteiger partial charge in [0.2, 0.25) is 5.91 Å². The summed E-state index contributed by atoms with van der Waals surface area (Å²) >= 11 is 0. The summed E-state index contributed by atoms with van der Waals surface area (Å²) < 4.78 is 4.79. The van der Waals surface area contributed by atoms with Crippen molar-refractivity contribution in [3.05, 3.63) is 0 Å². The summed E-state index contributed by atoms with van der Waals surface area (Å²) in [5.41, 5.74) is 5.61. The molecule has 1 saturated heterocycles. The van der Waals surface area contributed by atoms with Crippen molar-refractivity contribution in [3.63, 3.8) is 0 Å². The number of hydrogen-bond donors (Lipinski definition) is 2. The minimum absolute atomic E-state index is 0.113. The monoisotopic (exact) mass is 230 g/mol. The molecule has 0 aromatic heterocycles. The van der Waals surface area contributed by atoms with Crippen LogP contribution in [-0.2, 0) is 14.3 Å². The summed E-state index contributed by atoms with van der Waals surface area (Å²) in [7, 11) is 1.46. The van der Waals surface area contributed by atoms with Gasteiger partial charge in [-0.1, -0.05) is 0 Å². The second-order valence-electron chi connectivity index (χ2n) is 3.94. The third-order valence-corrected chi connectivity index (χ3v) is 2.73. The molecule has 92 valence electrons. The lowest BCUT2D eigenvalue weighted by molar-refractivity contribution is -0.153. The first-order chi connectivity index (χ1) is 7.57. The van der Waals surface area contributed by atoms with Gasteiger partial charge in [-0.2, -0.15) is 0 Å². The fourth-order valence-corrected chi connectivity index (χ4v) is 1.92. The van der Waals surface area contributed by atoms with Crippen molar-refractivity contribution in [2.75, 3.05) is 20.3 Å². The number of carbonyl (C=O) groups excluding carboxylic acids is 1. The van der Waals surface area contributed by atoms with Crippen LogP contribution in [0.15, 0.2) is 0 Å². The topological polar surface area (TPSA) is 92.9 Å². The fraction of sp³-hybridized carbons (Fsp3) is 0.800. The van der Waals surface area contributed by atoms with Crippen molar-refractivity contribution in [1.29, 1.82) is 0 Å². The Morgan fingerprint density at radius 3 is 2.81 bits per heavy atom. The smallest absolute Gasteiger partial charge is 0.326 e. The maximum absolute atomic E-state index is 11.9. The Labute approximate surface area is 94.3 Å². The Bertz CT molecular complexity index is 270. The molecule has 1 heterocycles. The van der Waals surface area contributed by atoms with Crippen LogP contribution in [0.25, 0.3) is 0 Å². The van der Waals surface area contributed by atoms with Gasteiger partial charge in [-0.15, -0.1) is 0 Å². The average Bonchev–Trinajstić information content (AvgIpc) is 2.28. The lowest BCUT2D eigenvalue weighted by Crippen LogP contribution is -2.54. The molecule has 1 rings (SSSR count). The second kappa shape index (κ2) is 5.81. The Kier molecular flexibility index (Phi) is 4.70. The fourth-order valence-electron chi connectivity index (χ4n) is 1.92. The molecule has 2 atom stereocenters. The number of carbonyl (C=O) groups is 2. The predicted octanol–water partition coefficient (Wildman–Crippen LogP) is -0.574. The van der Waals surface area contributed by atoms with Crippen molar-refractivity contribution >= 4 is 11.9 Å². The summed E-state index contributed by atoms with van der Waals surface area (Å²) in [6.45, 7) is 0.578. The highest BCUT2D eigenvalue weighted by Crippen LogP contribution is 2.17. The van der Waals surface area contributed by atoms with Crippen LogP contribution in [0, 0.1) is 0 Å². The molecule has 0 radical (unpaired) electrons. The zero-order chi connectivity index (χ0) is 12.1. The summed E-state index contributed by atoms with van der Waals surface area (Å²) in [5.74, 6) is -1.30. The number of hydrogen-bond acceptors (Lipinski definition) is 4. The molecule has 6 nitrogen and oxygen atoms in total. The highest BCUT2D eigenvalue weighted by Gasteiger charge is 2.34. The number of aliphatic carboxylic acids is 1. The number of methoxy groups -OCH3 is 1. The van der Waals surface area contributed by atoms with Crippen LogP contribution in [0.2, 0.25) is 0 Å². The maximum atomic E-state index is 11.9. The maximum Gasteiger partial charge on any atom is 0.326 e. The van der Waals surface area contributed by atoms with Crippen LogP contribution in [0.4, 0.5) is 0 Å². The first-order valence-electron chi connectivity index (χ1n) is 5.35. The number of amides is 1. The molecule has 0 aliphatic carbocycles. The van der Waals surface area contributed by atoms with Gasteiger partial charge >= 0.3 is 5.97 Å². The van der Waals surface area contributed by atoms with Crippen LogP contribution >= 0.6 is 0 Å². The Morgan fingerprint density at radius 2 is 2.25 bits per heavy atom. The molecule has 0 aromatic carbocycles. The van der Waals surface area contributed by atoms with E-state index in [4.69, 9.17) is 15.6 Å². The van der Waals surface area contributed by atoms with Crippen LogP contribution < -0.4 is 5.73 Å². The van der Waals surface area contributed by atoms with Gasteiger partial charge in [-0.25, -0.2) is 4.79 Å².